The molecule has 0 aromatic carbocycles. The molecule has 1 aromatic heterocycles. The number of rotatable bonds is 9. The highest BCUT2D eigenvalue weighted by Gasteiger charge is 2.26. The maximum atomic E-state index is 10.7. The molecule has 3 atom stereocenters. The lowest BCUT2D eigenvalue weighted by molar-refractivity contribution is -0.138. The van der Waals surface area contributed by atoms with Crippen molar-refractivity contribution in [2.45, 2.75) is 84.1 Å². The van der Waals surface area contributed by atoms with Crippen molar-refractivity contribution in [1.82, 2.24) is 9.55 Å². The summed E-state index contributed by atoms with van der Waals surface area (Å²) < 4.78 is 8.03. The Labute approximate surface area is 161 Å². The number of carboxylic acid groups (broad SMARTS) is 1. The van der Waals surface area contributed by atoms with Crippen molar-refractivity contribution in [1.29, 1.82) is 0 Å². The summed E-state index contributed by atoms with van der Waals surface area (Å²) in [6.45, 7) is 6.71. The predicted molar refractivity (Wildman–Crippen MR) is 106 cm³/mol. The van der Waals surface area contributed by atoms with E-state index in [1.54, 1.807) is 6.07 Å². The van der Waals surface area contributed by atoms with E-state index in [0.717, 1.165) is 32.1 Å². The molecule has 1 aromatic rings. The number of unbranched alkanes of at least 4 members (excludes halogenated alkanes) is 1. The normalized spacial score (nSPS) is 20.8. The molecule has 8 heteroatoms. The van der Waals surface area contributed by atoms with Gasteiger partial charge in [-0.3, -0.25) is 14.4 Å². The second-order valence-corrected chi connectivity index (χ2v) is 6.46. The Morgan fingerprint density at radius 1 is 1.44 bits per heavy atom. The fraction of sp³-hybridized carbons (Fsp3) is 0.737. The molecule has 2 unspecified atom stereocenters. The van der Waals surface area contributed by atoms with Gasteiger partial charge in [0.2, 0.25) is 5.62 Å². The third kappa shape index (κ3) is 7.68. The molecular formula is C19H35N5O3. The highest BCUT2D eigenvalue weighted by atomic mass is 16.5. The van der Waals surface area contributed by atoms with Crippen molar-refractivity contribution in [3.63, 3.8) is 0 Å². The summed E-state index contributed by atoms with van der Waals surface area (Å²) in [4.78, 5) is 19.6. The molecule has 1 aliphatic heterocycles. The number of hydrogen-bond acceptors (Lipinski definition) is 6. The quantitative estimate of drug-likeness (QED) is 0.564. The number of anilines is 1. The van der Waals surface area contributed by atoms with E-state index in [1.165, 1.54) is 0 Å². The van der Waals surface area contributed by atoms with E-state index >= 15 is 0 Å². The van der Waals surface area contributed by atoms with E-state index in [1.807, 2.05) is 24.6 Å². The van der Waals surface area contributed by atoms with Crippen LogP contribution in [0.5, 0.6) is 0 Å². The Balaban J connectivity index is 0.00000176. The number of carbonyl (C=O) groups is 1. The highest BCUT2D eigenvalue weighted by molar-refractivity contribution is 5.72. The number of nitrogens with two attached hydrogens (primary N) is 2. The molecule has 154 valence electrons. The number of hydrogen-bond donors (Lipinski definition) is 3. The predicted octanol–water partition coefficient (Wildman–Crippen LogP) is 2.45. The lowest BCUT2D eigenvalue weighted by Crippen LogP contribution is -2.30. The van der Waals surface area contributed by atoms with Crippen molar-refractivity contribution >= 4 is 11.8 Å². The SMILES string of the molecule is CC.CCCC1CC[C@H](n2ccc(N)nc2=NCCCCC(N)C(=O)O)O1. The van der Waals surface area contributed by atoms with Crippen LogP contribution in [0.25, 0.3) is 0 Å². The maximum Gasteiger partial charge on any atom is 0.320 e. The first kappa shape index (κ1) is 23.1. The molecule has 0 saturated carbocycles. The fourth-order valence-corrected chi connectivity index (χ4v) is 2.98. The smallest absolute Gasteiger partial charge is 0.320 e. The molecule has 0 radical (unpaired) electrons. The maximum absolute atomic E-state index is 10.7. The van der Waals surface area contributed by atoms with E-state index in [-0.39, 0.29) is 6.23 Å². The molecule has 5 N–H and O–H groups in total. The van der Waals surface area contributed by atoms with E-state index in [9.17, 15) is 4.79 Å². The van der Waals surface area contributed by atoms with Gasteiger partial charge in [-0.1, -0.05) is 27.2 Å². The Kier molecular flexibility index (Phi) is 10.7. The van der Waals surface area contributed by atoms with Crippen molar-refractivity contribution in [3.05, 3.63) is 17.9 Å². The van der Waals surface area contributed by atoms with Crippen LogP contribution in [0.1, 0.15) is 71.9 Å². The van der Waals surface area contributed by atoms with Gasteiger partial charge in [-0.15, -0.1) is 0 Å². The third-order valence-corrected chi connectivity index (χ3v) is 4.37. The summed E-state index contributed by atoms with van der Waals surface area (Å²) in [5.74, 6) is -0.543. The Bertz CT molecular complexity index is 632. The van der Waals surface area contributed by atoms with Gasteiger partial charge in [0.1, 0.15) is 18.1 Å². The van der Waals surface area contributed by atoms with E-state index in [0.29, 0.717) is 36.9 Å². The number of aromatic nitrogens is 2. The van der Waals surface area contributed by atoms with Gasteiger partial charge in [-0.2, -0.15) is 4.98 Å². The summed E-state index contributed by atoms with van der Waals surface area (Å²) in [5, 5.41) is 8.77. The minimum Gasteiger partial charge on any atom is -0.480 e. The minimum atomic E-state index is -0.965. The van der Waals surface area contributed by atoms with Crippen molar-refractivity contribution in [2.24, 2.45) is 10.7 Å². The van der Waals surface area contributed by atoms with E-state index in [4.69, 9.17) is 21.3 Å². The first-order chi connectivity index (χ1) is 13.0. The molecule has 0 spiro atoms. The lowest BCUT2D eigenvalue weighted by Gasteiger charge is -2.16. The number of nitrogen functional groups attached to an aromatic ring is 1. The summed E-state index contributed by atoms with van der Waals surface area (Å²) in [6, 6.07) is 0.944. The summed E-state index contributed by atoms with van der Waals surface area (Å²) >= 11 is 0. The van der Waals surface area contributed by atoms with Crippen LogP contribution >= 0.6 is 0 Å². The minimum absolute atomic E-state index is 0.0520. The van der Waals surface area contributed by atoms with Gasteiger partial charge >= 0.3 is 5.97 Å². The second-order valence-electron chi connectivity index (χ2n) is 6.46. The number of ether oxygens (including phenoxy) is 1. The molecule has 0 aliphatic carbocycles. The Hall–Kier alpha value is -1.93. The van der Waals surface area contributed by atoms with Gasteiger partial charge in [-0.05, 0) is 44.6 Å². The van der Waals surface area contributed by atoms with Crippen LogP contribution in [-0.4, -0.2) is 39.3 Å². The molecule has 0 amide bonds. The number of carboxylic acids is 1. The average molecular weight is 382 g/mol. The van der Waals surface area contributed by atoms with Crippen LogP contribution < -0.4 is 17.1 Å². The largest absolute Gasteiger partial charge is 0.480 e. The average Bonchev–Trinajstić information content (AvgIpc) is 3.11. The molecule has 1 saturated heterocycles. The molecule has 8 nitrogen and oxygen atoms in total. The van der Waals surface area contributed by atoms with Crippen LogP contribution in [0, 0.1) is 0 Å². The van der Waals surface area contributed by atoms with E-state index < -0.39 is 12.0 Å². The zero-order valence-electron chi connectivity index (χ0n) is 16.8. The van der Waals surface area contributed by atoms with Gasteiger partial charge in [0.05, 0.1) is 6.10 Å². The highest BCUT2D eigenvalue weighted by Crippen LogP contribution is 2.29. The Morgan fingerprint density at radius 2 is 2.19 bits per heavy atom. The van der Waals surface area contributed by atoms with Crippen LogP contribution in [-0.2, 0) is 9.53 Å². The summed E-state index contributed by atoms with van der Waals surface area (Å²) in [7, 11) is 0. The Morgan fingerprint density at radius 3 is 2.85 bits per heavy atom. The van der Waals surface area contributed by atoms with Crippen LogP contribution in [0.3, 0.4) is 0 Å². The topological polar surface area (TPSA) is 129 Å². The molecule has 27 heavy (non-hydrogen) atoms. The summed E-state index contributed by atoms with van der Waals surface area (Å²) in [6.07, 6.45) is 8.18. The first-order valence-electron chi connectivity index (χ1n) is 10.00. The van der Waals surface area contributed by atoms with Crippen molar-refractivity contribution < 1.29 is 14.6 Å². The van der Waals surface area contributed by atoms with Crippen LogP contribution in [0.2, 0.25) is 0 Å². The first-order valence-corrected chi connectivity index (χ1v) is 10.00. The van der Waals surface area contributed by atoms with Crippen molar-refractivity contribution in [2.75, 3.05) is 12.3 Å². The molecule has 0 bridgehead atoms. The van der Waals surface area contributed by atoms with Gasteiger partial charge in [-0.25, -0.2) is 0 Å². The van der Waals surface area contributed by atoms with E-state index in [2.05, 4.69) is 16.9 Å². The molecule has 1 fully saturated rings. The molecular weight excluding hydrogens is 346 g/mol. The monoisotopic (exact) mass is 381 g/mol. The van der Waals surface area contributed by atoms with Crippen LogP contribution in [0.15, 0.2) is 17.3 Å². The number of nitrogens with zero attached hydrogens (tertiary/aromatic N) is 3. The second kappa shape index (κ2) is 12.5. The zero-order valence-corrected chi connectivity index (χ0v) is 16.8. The lowest BCUT2D eigenvalue weighted by atomic mass is 10.1. The van der Waals surface area contributed by atoms with Gasteiger partial charge in [0.25, 0.3) is 0 Å². The van der Waals surface area contributed by atoms with Gasteiger partial charge in [0.15, 0.2) is 0 Å². The third-order valence-electron chi connectivity index (χ3n) is 4.37. The molecule has 2 rings (SSSR count). The number of aliphatic carboxylic acids is 1. The van der Waals surface area contributed by atoms with Gasteiger partial charge < -0.3 is 21.3 Å². The standard InChI is InChI=1S/C17H29N5O3.C2H6/c1-2-5-12-7-8-15(25-12)22-11-9-14(19)21-17(22)20-10-4-3-6-13(18)16(23)24;1-2/h9,11-13,15H,2-8,10,18H2,1H3,(H,23,24)(H2,19,20,21);1-2H3/t12?,13?,15-;/m1./s1. The molecule has 1 aliphatic rings. The zero-order chi connectivity index (χ0) is 20.2. The fourth-order valence-electron chi connectivity index (χ4n) is 2.98. The van der Waals surface area contributed by atoms with Gasteiger partial charge in [0, 0.05) is 12.7 Å². The molecule has 2 heterocycles. The summed E-state index contributed by atoms with van der Waals surface area (Å²) in [5.41, 5.74) is 11.9. The van der Waals surface area contributed by atoms with Crippen molar-refractivity contribution in [3.8, 4) is 0 Å². The van der Waals surface area contributed by atoms with Crippen LogP contribution in [0.4, 0.5) is 5.82 Å².